The van der Waals surface area contributed by atoms with Crippen LogP contribution in [-0.2, 0) is 12.6 Å². The van der Waals surface area contributed by atoms with Crippen LogP contribution in [0, 0.1) is 0 Å². The summed E-state index contributed by atoms with van der Waals surface area (Å²) in [7, 11) is 0. The number of H-pyrrole nitrogens is 1. The lowest BCUT2D eigenvalue weighted by Gasteiger charge is -2.19. The average Bonchev–Trinajstić information content (AvgIpc) is 3.42. The van der Waals surface area contributed by atoms with Crippen molar-refractivity contribution in [2.24, 2.45) is 5.73 Å². The molecule has 0 radical (unpaired) electrons. The summed E-state index contributed by atoms with van der Waals surface area (Å²) in [5, 5.41) is 3.71. The van der Waals surface area contributed by atoms with Crippen LogP contribution in [0.4, 0.5) is 13.2 Å². The van der Waals surface area contributed by atoms with E-state index < -0.39 is 17.8 Å². The number of nitrogens with one attached hydrogen (secondary N) is 2. The van der Waals surface area contributed by atoms with E-state index in [0.29, 0.717) is 4.88 Å². The van der Waals surface area contributed by atoms with Crippen molar-refractivity contribution >= 4 is 28.3 Å². The van der Waals surface area contributed by atoms with Crippen molar-refractivity contribution in [2.75, 3.05) is 6.54 Å². The highest BCUT2D eigenvalue weighted by atomic mass is 32.1. The molecule has 0 unspecified atom stereocenters. The van der Waals surface area contributed by atoms with E-state index in [4.69, 9.17) is 5.73 Å². The molecule has 4 rings (SSSR count). The third kappa shape index (κ3) is 4.47. The van der Waals surface area contributed by atoms with Gasteiger partial charge in [-0.2, -0.15) is 13.2 Å². The monoisotopic (exact) mass is 444 g/mol. The van der Waals surface area contributed by atoms with Gasteiger partial charge in [-0.05, 0) is 42.3 Å². The zero-order valence-corrected chi connectivity index (χ0v) is 17.1. The Labute approximate surface area is 180 Å². The largest absolute Gasteiger partial charge is 0.416 e. The molecular formula is C22H19F3N4OS. The number of carbonyl (C=O) groups is 1. The van der Waals surface area contributed by atoms with E-state index in [1.807, 2.05) is 18.2 Å². The Morgan fingerprint density at radius 2 is 1.97 bits per heavy atom. The predicted octanol–water partition coefficient (Wildman–Crippen LogP) is 4.61. The smallest absolute Gasteiger partial charge is 0.347 e. The molecule has 9 heteroatoms. The fourth-order valence-electron chi connectivity index (χ4n) is 3.47. The lowest BCUT2D eigenvalue weighted by Crippen LogP contribution is -2.41. The van der Waals surface area contributed by atoms with Gasteiger partial charge in [-0.1, -0.05) is 18.2 Å². The summed E-state index contributed by atoms with van der Waals surface area (Å²) >= 11 is 1.30. The fourth-order valence-corrected chi connectivity index (χ4v) is 4.42. The van der Waals surface area contributed by atoms with Crippen LogP contribution in [0.2, 0.25) is 0 Å². The average molecular weight is 444 g/mol. The summed E-state index contributed by atoms with van der Waals surface area (Å²) in [4.78, 5) is 21.4. The van der Waals surface area contributed by atoms with Crippen LogP contribution in [0.3, 0.4) is 0 Å². The summed E-state index contributed by atoms with van der Waals surface area (Å²) in [6.45, 7) is 0.0183. The van der Waals surface area contributed by atoms with Gasteiger partial charge in [-0.25, -0.2) is 4.98 Å². The Bertz CT molecular complexity index is 1210. The van der Waals surface area contributed by atoms with Gasteiger partial charge in [0.15, 0.2) is 0 Å². The highest BCUT2D eigenvalue weighted by Crippen LogP contribution is 2.34. The van der Waals surface area contributed by atoms with Crippen LogP contribution < -0.4 is 11.1 Å². The molecule has 0 saturated heterocycles. The van der Waals surface area contributed by atoms with Crippen LogP contribution >= 0.6 is 11.3 Å². The van der Waals surface area contributed by atoms with Gasteiger partial charge >= 0.3 is 6.18 Å². The molecule has 1 aromatic carbocycles. The van der Waals surface area contributed by atoms with E-state index in [-0.39, 0.29) is 24.4 Å². The first-order valence-corrected chi connectivity index (χ1v) is 10.4. The highest BCUT2D eigenvalue weighted by Gasteiger charge is 2.33. The molecule has 1 atom stereocenters. The van der Waals surface area contributed by atoms with Crippen molar-refractivity contribution in [1.29, 1.82) is 0 Å². The molecule has 0 aliphatic carbocycles. The van der Waals surface area contributed by atoms with E-state index in [1.54, 1.807) is 24.5 Å². The minimum absolute atomic E-state index is 0.00944. The number of nitrogens with zero attached hydrogens (tertiary/aromatic N) is 1. The van der Waals surface area contributed by atoms with E-state index in [9.17, 15) is 18.0 Å². The number of fused-ring (bicyclic) bond motifs is 1. The zero-order valence-electron chi connectivity index (χ0n) is 16.2. The zero-order chi connectivity index (χ0) is 22.0. The van der Waals surface area contributed by atoms with Gasteiger partial charge in [0.25, 0.3) is 5.91 Å². The second-order valence-electron chi connectivity index (χ2n) is 7.03. The van der Waals surface area contributed by atoms with E-state index in [2.05, 4.69) is 15.3 Å². The Hall–Kier alpha value is -3.17. The molecule has 0 spiro atoms. The Kier molecular flexibility index (Phi) is 5.79. The van der Waals surface area contributed by atoms with Gasteiger partial charge in [-0.3, -0.25) is 4.79 Å². The molecular weight excluding hydrogens is 425 g/mol. The third-order valence-electron chi connectivity index (χ3n) is 4.96. The summed E-state index contributed by atoms with van der Waals surface area (Å²) in [5.41, 5.74) is 6.84. The van der Waals surface area contributed by atoms with Crippen molar-refractivity contribution in [1.82, 2.24) is 15.3 Å². The van der Waals surface area contributed by atoms with Gasteiger partial charge in [0.05, 0.1) is 10.4 Å². The number of pyridine rings is 1. The van der Waals surface area contributed by atoms with Gasteiger partial charge in [-0.15, -0.1) is 11.3 Å². The number of hydrogen-bond acceptors (Lipinski definition) is 4. The van der Waals surface area contributed by atoms with E-state index in [0.717, 1.165) is 27.5 Å². The van der Waals surface area contributed by atoms with E-state index >= 15 is 0 Å². The van der Waals surface area contributed by atoms with Crippen LogP contribution in [-0.4, -0.2) is 28.5 Å². The maximum Gasteiger partial charge on any atom is 0.416 e. The SMILES string of the molecule is NC[C@H](Cc1ccccc1C(F)(F)F)NC(=O)c1ccc(-c2ccnc3[nH]ccc23)s1. The Morgan fingerprint density at radius 1 is 1.16 bits per heavy atom. The first-order chi connectivity index (χ1) is 14.9. The summed E-state index contributed by atoms with van der Waals surface area (Å²) in [6, 6.07) is 12.0. The van der Waals surface area contributed by atoms with Gasteiger partial charge in [0, 0.05) is 40.8 Å². The maximum atomic E-state index is 13.3. The predicted molar refractivity (Wildman–Crippen MR) is 115 cm³/mol. The number of amides is 1. The first kappa shape index (κ1) is 21.1. The number of halogens is 3. The molecule has 1 amide bonds. The molecule has 5 nitrogen and oxygen atoms in total. The van der Waals surface area contributed by atoms with Gasteiger partial charge in [0.2, 0.25) is 0 Å². The number of thiophene rings is 1. The molecule has 0 aliphatic heterocycles. The second-order valence-corrected chi connectivity index (χ2v) is 8.11. The number of alkyl halides is 3. The number of aromatic nitrogens is 2. The number of rotatable bonds is 6. The number of carbonyl (C=O) groups excluding carboxylic acids is 1. The summed E-state index contributed by atoms with van der Waals surface area (Å²) < 4.78 is 39.8. The molecule has 160 valence electrons. The molecule has 0 aliphatic rings. The number of aromatic amines is 1. The van der Waals surface area contributed by atoms with Crippen LogP contribution in [0.5, 0.6) is 0 Å². The molecule has 4 N–H and O–H groups in total. The molecule has 0 fully saturated rings. The molecule has 3 aromatic heterocycles. The van der Waals surface area contributed by atoms with Crippen molar-refractivity contribution < 1.29 is 18.0 Å². The number of hydrogen-bond donors (Lipinski definition) is 3. The number of nitrogens with two attached hydrogens (primary N) is 1. The van der Waals surface area contributed by atoms with Crippen molar-refractivity contribution in [2.45, 2.75) is 18.6 Å². The Morgan fingerprint density at radius 3 is 2.74 bits per heavy atom. The quantitative estimate of drug-likeness (QED) is 0.406. The van der Waals surface area contributed by atoms with Crippen molar-refractivity contribution in [3.63, 3.8) is 0 Å². The molecule has 3 heterocycles. The van der Waals surface area contributed by atoms with Gasteiger partial charge < -0.3 is 16.0 Å². The normalized spacial score (nSPS) is 12.8. The van der Waals surface area contributed by atoms with Crippen LogP contribution in [0.25, 0.3) is 21.5 Å². The van der Waals surface area contributed by atoms with Gasteiger partial charge in [0.1, 0.15) is 5.65 Å². The van der Waals surface area contributed by atoms with E-state index in [1.165, 1.54) is 23.5 Å². The summed E-state index contributed by atoms with van der Waals surface area (Å²) in [6.07, 6.45) is -0.982. The lowest BCUT2D eigenvalue weighted by atomic mass is 9.99. The van der Waals surface area contributed by atoms with Crippen LogP contribution in [0.1, 0.15) is 20.8 Å². The fraction of sp³-hybridized carbons (Fsp3) is 0.182. The Balaban J connectivity index is 1.51. The van der Waals surface area contributed by atoms with Crippen molar-refractivity contribution in [3.8, 4) is 10.4 Å². The molecule has 4 aromatic rings. The maximum absolute atomic E-state index is 13.3. The lowest BCUT2D eigenvalue weighted by molar-refractivity contribution is -0.138. The van der Waals surface area contributed by atoms with Crippen molar-refractivity contribution in [3.05, 3.63) is 76.9 Å². The standard InChI is InChI=1S/C22H19F3N4OS/c23-22(24,25)17-4-2-1-3-13(17)11-14(12-26)29-21(30)19-6-5-18(31-19)15-7-9-27-20-16(15)8-10-28-20/h1-10,14H,11-12,26H2,(H,27,28)(H,29,30)/t14-/m0/s1. The minimum atomic E-state index is -4.46. The molecule has 0 saturated carbocycles. The first-order valence-electron chi connectivity index (χ1n) is 9.55. The second kappa shape index (κ2) is 8.52. The highest BCUT2D eigenvalue weighted by molar-refractivity contribution is 7.17. The topological polar surface area (TPSA) is 83.8 Å². The van der Waals surface area contributed by atoms with Crippen LogP contribution in [0.15, 0.2) is 60.9 Å². The minimum Gasteiger partial charge on any atom is -0.347 e. The summed E-state index contributed by atoms with van der Waals surface area (Å²) in [5.74, 6) is -0.365. The molecule has 31 heavy (non-hydrogen) atoms. The number of benzene rings is 1. The third-order valence-corrected chi connectivity index (χ3v) is 6.08. The molecule has 0 bridgehead atoms.